The molecule has 2 unspecified atom stereocenters. The number of dihydropyridines is 1. The molecule has 0 spiro atoms. The Hall–Kier alpha value is -2.66. The van der Waals surface area contributed by atoms with E-state index in [1.165, 1.54) is 6.20 Å². The van der Waals surface area contributed by atoms with Gasteiger partial charge in [0.2, 0.25) is 5.95 Å². The van der Waals surface area contributed by atoms with Gasteiger partial charge >= 0.3 is 6.18 Å². The molecule has 0 radical (unpaired) electrons. The Morgan fingerprint density at radius 1 is 1.44 bits per heavy atom. The number of hydrogen-bond donors (Lipinski definition) is 5. The van der Waals surface area contributed by atoms with Crippen LogP contribution in [0.3, 0.4) is 0 Å². The number of rotatable bonds is 5. The molecule has 11 heteroatoms. The highest BCUT2D eigenvalue weighted by Crippen LogP contribution is 2.47. The third-order valence-corrected chi connectivity index (χ3v) is 4.46. The minimum Gasteiger partial charge on any atom is -0.396 e. The molecule has 2 aliphatic heterocycles. The molecule has 146 valence electrons. The lowest BCUT2D eigenvalue weighted by Crippen LogP contribution is -2.38. The van der Waals surface area contributed by atoms with Crippen LogP contribution in [0.2, 0.25) is 0 Å². The van der Waals surface area contributed by atoms with Crippen molar-refractivity contribution in [1.82, 2.24) is 15.3 Å². The van der Waals surface area contributed by atoms with Crippen molar-refractivity contribution in [3.05, 3.63) is 29.7 Å². The molecule has 3 rings (SSSR count). The second-order valence-electron chi connectivity index (χ2n) is 6.50. The van der Waals surface area contributed by atoms with Gasteiger partial charge < -0.3 is 26.6 Å². The summed E-state index contributed by atoms with van der Waals surface area (Å²) < 4.78 is 39.4. The van der Waals surface area contributed by atoms with Crippen LogP contribution >= 0.6 is 0 Å². The monoisotopic (exact) mass is 384 g/mol. The van der Waals surface area contributed by atoms with Crippen molar-refractivity contribution in [1.29, 1.82) is 0 Å². The van der Waals surface area contributed by atoms with Gasteiger partial charge in [-0.25, -0.2) is 9.97 Å². The largest absolute Gasteiger partial charge is 0.417 e. The second kappa shape index (κ2) is 6.82. The molecule has 0 saturated heterocycles. The van der Waals surface area contributed by atoms with Crippen molar-refractivity contribution in [3.8, 4) is 0 Å². The fourth-order valence-corrected chi connectivity index (χ4v) is 2.95. The molecule has 6 N–H and O–H groups in total. The lowest BCUT2D eigenvalue weighted by Gasteiger charge is -2.32. The highest BCUT2D eigenvalue weighted by atomic mass is 19.4. The van der Waals surface area contributed by atoms with Gasteiger partial charge in [0.1, 0.15) is 6.17 Å². The van der Waals surface area contributed by atoms with Crippen LogP contribution in [0.4, 0.5) is 24.8 Å². The van der Waals surface area contributed by atoms with Crippen molar-refractivity contribution in [2.24, 2.45) is 10.4 Å². The van der Waals surface area contributed by atoms with Crippen molar-refractivity contribution in [2.45, 2.75) is 25.4 Å². The standard InChI is InChI=1S/C16H19F3N6O2/c1-15-2-8(16(17,18)19)3-21-13(15)22-5-10(15)12-11(20)6-24-14(25-12)23-4-9(27)7-26/h2-3,5-6,9,13,22,26-27H,4,7,20H2,1H3,(H,23,24,25)/t9-,13?,15?/m0/s1. The molecular formula is C16H19F3N6O2. The summed E-state index contributed by atoms with van der Waals surface area (Å²) in [5.41, 5.74) is 4.91. The molecule has 3 heterocycles. The van der Waals surface area contributed by atoms with Crippen LogP contribution in [0.25, 0.3) is 5.57 Å². The number of aliphatic imine (C=N–C) groups is 1. The summed E-state index contributed by atoms with van der Waals surface area (Å²) in [6, 6.07) is 0. The van der Waals surface area contributed by atoms with E-state index in [0.29, 0.717) is 5.57 Å². The molecule has 0 aromatic carbocycles. The second-order valence-corrected chi connectivity index (χ2v) is 6.50. The summed E-state index contributed by atoms with van der Waals surface area (Å²) in [6.07, 6.45) is -1.34. The van der Waals surface area contributed by atoms with E-state index in [9.17, 15) is 18.3 Å². The van der Waals surface area contributed by atoms with Crippen molar-refractivity contribution >= 4 is 23.4 Å². The molecule has 0 fully saturated rings. The Balaban J connectivity index is 1.94. The number of halogens is 3. The van der Waals surface area contributed by atoms with Crippen LogP contribution in [-0.2, 0) is 0 Å². The van der Waals surface area contributed by atoms with Crippen LogP contribution in [0.5, 0.6) is 0 Å². The maximum absolute atomic E-state index is 13.1. The van der Waals surface area contributed by atoms with Gasteiger partial charge in [0.05, 0.1) is 41.3 Å². The minimum atomic E-state index is -4.52. The highest BCUT2D eigenvalue weighted by Gasteiger charge is 2.47. The average molecular weight is 384 g/mol. The Morgan fingerprint density at radius 3 is 2.85 bits per heavy atom. The van der Waals surface area contributed by atoms with Gasteiger partial charge in [-0.05, 0) is 6.92 Å². The predicted octanol–water partition coefficient (Wildman–Crippen LogP) is 0.673. The first-order valence-corrected chi connectivity index (χ1v) is 8.10. The number of aromatic nitrogens is 2. The molecule has 1 aromatic rings. The maximum Gasteiger partial charge on any atom is 0.417 e. The summed E-state index contributed by atoms with van der Waals surface area (Å²) in [4.78, 5) is 12.2. The zero-order valence-corrected chi connectivity index (χ0v) is 14.3. The van der Waals surface area contributed by atoms with E-state index in [1.807, 2.05) is 0 Å². The smallest absolute Gasteiger partial charge is 0.396 e. The quantitative estimate of drug-likeness (QED) is 0.505. The summed E-state index contributed by atoms with van der Waals surface area (Å²) >= 11 is 0. The first-order chi connectivity index (χ1) is 12.6. The fraction of sp³-hybridized carbons (Fsp3) is 0.438. The van der Waals surface area contributed by atoms with E-state index in [4.69, 9.17) is 10.8 Å². The summed E-state index contributed by atoms with van der Waals surface area (Å²) in [5, 5.41) is 24.0. The van der Waals surface area contributed by atoms with E-state index < -0.39 is 36.0 Å². The number of anilines is 2. The van der Waals surface area contributed by atoms with E-state index >= 15 is 0 Å². The molecule has 0 saturated carbocycles. The number of nitrogens with one attached hydrogen (secondary N) is 2. The molecule has 3 atom stereocenters. The Kier molecular flexibility index (Phi) is 4.82. The lowest BCUT2D eigenvalue weighted by atomic mass is 9.77. The normalized spacial score (nSPS) is 25.3. The van der Waals surface area contributed by atoms with Crippen molar-refractivity contribution < 1.29 is 23.4 Å². The fourth-order valence-electron chi connectivity index (χ4n) is 2.95. The number of nitrogen functional groups attached to an aromatic ring is 1. The van der Waals surface area contributed by atoms with Gasteiger partial charge in [0.15, 0.2) is 0 Å². The summed E-state index contributed by atoms with van der Waals surface area (Å²) in [5.74, 6) is 0.124. The van der Waals surface area contributed by atoms with Gasteiger partial charge in [0.25, 0.3) is 0 Å². The highest BCUT2D eigenvalue weighted by molar-refractivity contribution is 5.87. The zero-order valence-electron chi connectivity index (χ0n) is 14.3. The minimum absolute atomic E-state index is 0.000529. The molecule has 0 bridgehead atoms. The van der Waals surface area contributed by atoms with Crippen LogP contribution in [0.15, 0.2) is 29.0 Å². The number of hydrogen-bond acceptors (Lipinski definition) is 8. The molecule has 2 aliphatic rings. The number of nitrogens with two attached hydrogens (primary N) is 1. The van der Waals surface area contributed by atoms with Crippen molar-refractivity contribution in [3.63, 3.8) is 0 Å². The van der Waals surface area contributed by atoms with Crippen molar-refractivity contribution in [2.75, 3.05) is 24.2 Å². The first-order valence-electron chi connectivity index (χ1n) is 8.10. The predicted molar refractivity (Wildman–Crippen MR) is 93.7 cm³/mol. The van der Waals surface area contributed by atoms with Gasteiger partial charge in [-0.1, -0.05) is 6.08 Å². The SMILES string of the molecule is CC12C=C(C(F)(F)F)C=NC1NC=C2c1nc(NC[C@H](O)CO)ncc1N. The third kappa shape index (κ3) is 3.60. The first kappa shape index (κ1) is 19.1. The van der Waals surface area contributed by atoms with Gasteiger partial charge in [-0.15, -0.1) is 0 Å². The number of fused-ring (bicyclic) bond motifs is 1. The molecule has 0 amide bonds. The molecule has 1 aromatic heterocycles. The van der Waals surface area contributed by atoms with E-state index in [0.717, 1.165) is 12.3 Å². The van der Waals surface area contributed by atoms with E-state index in [1.54, 1.807) is 13.1 Å². The molecule has 8 nitrogen and oxygen atoms in total. The Morgan fingerprint density at radius 2 is 2.19 bits per heavy atom. The topological polar surface area (TPSA) is 129 Å². The van der Waals surface area contributed by atoms with Gasteiger partial charge in [-0.3, -0.25) is 4.99 Å². The lowest BCUT2D eigenvalue weighted by molar-refractivity contribution is -0.0866. The van der Waals surface area contributed by atoms with Gasteiger partial charge in [0, 0.05) is 24.5 Å². The number of allylic oxidation sites excluding steroid dienone is 1. The van der Waals surface area contributed by atoms with Gasteiger partial charge in [-0.2, -0.15) is 13.2 Å². The Labute approximate surface area is 152 Å². The Bertz CT molecular complexity index is 823. The number of alkyl halides is 3. The molecular weight excluding hydrogens is 365 g/mol. The van der Waals surface area contributed by atoms with Crippen LogP contribution in [-0.4, -0.2) is 58.0 Å². The molecule has 0 aliphatic carbocycles. The number of aliphatic hydroxyl groups excluding tert-OH is 2. The third-order valence-electron chi connectivity index (χ3n) is 4.46. The zero-order chi connectivity index (χ0) is 19.8. The van der Waals surface area contributed by atoms with E-state index in [2.05, 4.69) is 25.6 Å². The van der Waals surface area contributed by atoms with Crippen LogP contribution in [0, 0.1) is 5.41 Å². The maximum atomic E-state index is 13.1. The number of aliphatic hydroxyl groups is 2. The molecule has 27 heavy (non-hydrogen) atoms. The summed E-state index contributed by atoms with van der Waals surface area (Å²) in [6.45, 7) is 1.18. The van der Waals surface area contributed by atoms with Crippen LogP contribution < -0.4 is 16.4 Å². The van der Waals surface area contributed by atoms with Crippen LogP contribution in [0.1, 0.15) is 12.6 Å². The average Bonchev–Trinajstić information content (AvgIpc) is 2.96. The summed E-state index contributed by atoms with van der Waals surface area (Å²) in [7, 11) is 0. The van der Waals surface area contributed by atoms with E-state index in [-0.39, 0.29) is 23.9 Å². The number of nitrogens with zero attached hydrogens (tertiary/aromatic N) is 3.